The lowest BCUT2D eigenvalue weighted by Crippen LogP contribution is -2.30. The molecule has 110 valence electrons. The average molecular weight is 299 g/mol. The van der Waals surface area contributed by atoms with Gasteiger partial charge in [-0.1, -0.05) is 20.8 Å². The largest absolute Gasteiger partial charge is 0.478 e. The molecule has 0 spiro atoms. The molecule has 20 heavy (non-hydrogen) atoms. The summed E-state index contributed by atoms with van der Waals surface area (Å²) in [6.45, 7) is 5.81. The SMILES string of the molecule is CCSC(C(=O)Nc1ccc(C(=O)O)cc1F)C(C)C. The lowest BCUT2D eigenvalue weighted by atomic mass is 10.1. The van der Waals surface area contributed by atoms with E-state index in [2.05, 4.69) is 5.32 Å². The van der Waals surface area contributed by atoms with Crippen molar-refractivity contribution in [1.82, 2.24) is 0 Å². The highest BCUT2D eigenvalue weighted by atomic mass is 32.2. The second kappa shape index (κ2) is 7.28. The second-order valence-electron chi connectivity index (χ2n) is 4.61. The molecule has 1 rings (SSSR count). The fraction of sp³-hybridized carbons (Fsp3) is 0.429. The highest BCUT2D eigenvalue weighted by molar-refractivity contribution is 8.00. The van der Waals surface area contributed by atoms with Gasteiger partial charge in [-0.2, -0.15) is 0 Å². The van der Waals surface area contributed by atoms with E-state index in [0.717, 1.165) is 11.8 Å². The molecule has 1 atom stereocenters. The van der Waals surface area contributed by atoms with Crippen LogP contribution in [-0.2, 0) is 4.79 Å². The second-order valence-corrected chi connectivity index (χ2v) is 6.03. The molecule has 1 amide bonds. The van der Waals surface area contributed by atoms with E-state index in [0.29, 0.717) is 0 Å². The minimum Gasteiger partial charge on any atom is -0.478 e. The first-order chi connectivity index (χ1) is 9.36. The van der Waals surface area contributed by atoms with Gasteiger partial charge in [0.1, 0.15) is 5.82 Å². The van der Waals surface area contributed by atoms with Crippen LogP contribution in [-0.4, -0.2) is 28.0 Å². The first-order valence-corrected chi connectivity index (χ1v) is 7.37. The monoisotopic (exact) mass is 299 g/mol. The summed E-state index contributed by atoms with van der Waals surface area (Å²) in [7, 11) is 0. The number of hydrogen-bond acceptors (Lipinski definition) is 3. The lowest BCUT2D eigenvalue weighted by molar-refractivity contribution is -0.116. The number of amides is 1. The minimum absolute atomic E-state index is 0.00218. The molecule has 2 N–H and O–H groups in total. The lowest BCUT2D eigenvalue weighted by Gasteiger charge is -2.19. The smallest absolute Gasteiger partial charge is 0.335 e. The third kappa shape index (κ3) is 4.23. The zero-order valence-corrected chi connectivity index (χ0v) is 12.5. The van der Waals surface area contributed by atoms with Gasteiger partial charge in [0.05, 0.1) is 16.5 Å². The Morgan fingerprint density at radius 3 is 2.50 bits per heavy atom. The molecule has 0 heterocycles. The van der Waals surface area contributed by atoms with Crippen molar-refractivity contribution >= 4 is 29.3 Å². The van der Waals surface area contributed by atoms with Crippen LogP contribution in [0.25, 0.3) is 0 Å². The van der Waals surface area contributed by atoms with Gasteiger partial charge in [0, 0.05) is 0 Å². The molecule has 1 aromatic rings. The van der Waals surface area contributed by atoms with E-state index in [1.165, 1.54) is 23.9 Å². The summed E-state index contributed by atoms with van der Waals surface area (Å²) in [5, 5.41) is 11.0. The summed E-state index contributed by atoms with van der Waals surface area (Å²) in [5.74, 6) is -1.31. The van der Waals surface area contributed by atoms with E-state index in [1.807, 2.05) is 20.8 Å². The van der Waals surface area contributed by atoms with Crippen LogP contribution in [0.1, 0.15) is 31.1 Å². The van der Waals surface area contributed by atoms with Gasteiger partial charge in [0.25, 0.3) is 0 Å². The Balaban J connectivity index is 2.87. The van der Waals surface area contributed by atoms with Gasteiger partial charge < -0.3 is 10.4 Å². The summed E-state index contributed by atoms with van der Waals surface area (Å²) in [6.07, 6.45) is 0. The number of nitrogens with one attached hydrogen (secondary N) is 1. The molecule has 0 radical (unpaired) electrons. The van der Waals surface area contributed by atoms with Crippen LogP contribution >= 0.6 is 11.8 Å². The predicted molar refractivity (Wildman–Crippen MR) is 78.7 cm³/mol. The van der Waals surface area contributed by atoms with Crippen LogP contribution in [0.4, 0.5) is 10.1 Å². The highest BCUT2D eigenvalue weighted by Crippen LogP contribution is 2.22. The third-order valence-corrected chi connectivity index (χ3v) is 4.13. The van der Waals surface area contributed by atoms with Crippen molar-refractivity contribution in [2.24, 2.45) is 5.92 Å². The van der Waals surface area contributed by atoms with Gasteiger partial charge in [0.15, 0.2) is 0 Å². The number of benzene rings is 1. The average Bonchev–Trinajstić information content (AvgIpc) is 2.37. The maximum absolute atomic E-state index is 13.7. The number of carboxylic acids is 1. The number of rotatable bonds is 6. The molecule has 4 nitrogen and oxygen atoms in total. The molecular weight excluding hydrogens is 281 g/mol. The Labute approximate surface area is 121 Å². The minimum atomic E-state index is -1.21. The van der Waals surface area contributed by atoms with Gasteiger partial charge in [-0.3, -0.25) is 4.79 Å². The highest BCUT2D eigenvalue weighted by Gasteiger charge is 2.23. The van der Waals surface area contributed by atoms with Crippen molar-refractivity contribution in [2.75, 3.05) is 11.1 Å². The first-order valence-electron chi connectivity index (χ1n) is 6.32. The molecule has 1 aromatic carbocycles. The summed E-state index contributed by atoms with van der Waals surface area (Å²) < 4.78 is 13.7. The molecular formula is C14H18FNO3S. The van der Waals surface area contributed by atoms with Crippen molar-refractivity contribution < 1.29 is 19.1 Å². The van der Waals surface area contributed by atoms with Crippen molar-refractivity contribution in [3.63, 3.8) is 0 Å². The summed E-state index contributed by atoms with van der Waals surface area (Å²) in [6, 6.07) is 3.43. The Morgan fingerprint density at radius 2 is 2.05 bits per heavy atom. The number of carbonyl (C=O) groups excluding carboxylic acids is 1. The number of aromatic carboxylic acids is 1. The van der Waals surface area contributed by atoms with E-state index in [1.54, 1.807) is 0 Å². The molecule has 0 aliphatic heterocycles. The topological polar surface area (TPSA) is 66.4 Å². The van der Waals surface area contributed by atoms with E-state index in [-0.39, 0.29) is 28.3 Å². The van der Waals surface area contributed by atoms with Crippen molar-refractivity contribution in [1.29, 1.82) is 0 Å². The van der Waals surface area contributed by atoms with Gasteiger partial charge >= 0.3 is 5.97 Å². The number of carboxylic acid groups (broad SMARTS) is 1. The molecule has 0 fully saturated rings. The van der Waals surface area contributed by atoms with E-state index in [4.69, 9.17) is 5.11 Å². The summed E-state index contributed by atoms with van der Waals surface area (Å²) in [4.78, 5) is 22.8. The number of halogens is 1. The molecule has 1 unspecified atom stereocenters. The maximum atomic E-state index is 13.7. The van der Waals surface area contributed by atoms with Gasteiger partial charge in [-0.05, 0) is 29.9 Å². The van der Waals surface area contributed by atoms with E-state index < -0.39 is 11.8 Å². The normalized spacial score (nSPS) is 12.2. The fourth-order valence-corrected chi connectivity index (χ4v) is 2.66. The zero-order valence-electron chi connectivity index (χ0n) is 11.6. The summed E-state index contributed by atoms with van der Waals surface area (Å²) in [5.41, 5.74) is -0.147. The predicted octanol–water partition coefficient (Wildman–Crippen LogP) is 3.24. The molecule has 0 saturated heterocycles. The van der Waals surface area contributed by atoms with Crippen LogP contribution in [0.3, 0.4) is 0 Å². The number of thioether (sulfide) groups is 1. The molecule has 0 bridgehead atoms. The molecule has 0 saturated carbocycles. The summed E-state index contributed by atoms with van der Waals surface area (Å²) >= 11 is 1.50. The van der Waals surface area contributed by atoms with Crippen LogP contribution in [0.15, 0.2) is 18.2 Å². The van der Waals surface area contributed by atoms with Gasteiger partial charge in [-0.25, -0.2) is 9.18 Å². The number of hydrogen-bond donors (Lipinski definition) is 2. The van der Waals surface area contributed by atoms with Gasteiger partial charge in [-0.15, -0.1) is 11.8 Å². The van der Waals surface area contributed by atoms with Crippen LogP contribution in [0.2, 0.25) is 0 Å². The maximum Gasteiger partial charge on any atom is 0.335 e. The van der Waals surface area contributed by atoms with Crippen LogP contribution < -0.4 is 5.32 Å². The van der Waals surface area contributed by atoms with Crippen molar-refractivity contribution in [2.45, 2.75) is 26.0 Å². The Morgan fingerprint density at radius 1 is 1.40 bits per heavy atom. The quantitative estimate of drug-likeness (QED) is 0.846. The zero-order chi connectivity index (χ0) is 15.3. The third-order valence-electron chi connectivity index (χ3n) is 2.68. The van der Waals surface area contributed by atoms with E-state index in [9.17, 15) is 14.0 Å². The van der Waals surface area contributed by atoms with Crippen molar-refractivity contribution in [3.8, 4) is 0 Å². The Kier molecular flexibility index (Phi) is 6.01. The molecule has 0 aliphatic carbocycles. The Hall–Kier alpha value is -1.56. The molecule has 0 aliphatic rings. The molecule has 6 heteroatoms. The standard InChI is InChI=1S/C14H18FNO3S/c1-4-20-12(8(2)3)13(17)16-11-6-5-9(14(18)19)7-10(11)15/h5-8,12H,4H2,1-3H3,(H,16,17)(H,18,19). The number of anilines is 1. The Bertz CT molecular complexity index is 505. The van der Waals surface area contributed by atoms with Gasteiger partial charge in [0.2, 0.25) is 5.91 Å². The molecule has 0 aromatic heterocycles. The fourth-order valence-electron chi connectivity index (χ4n) is 1.70. The van der Waals surface area contributed by atoms with E-state index >= 15 is 0 Å². The number of carbonyl (C=O) groups is 2. The first kappa shape index (κ1) is 16.5. The van der Waals surface area contributed by atoms with Crippen LogP contribution in [0, 0.1) is 11.7 Å². The van der Waals surface area contributed by atoms with Crippen LogP contribution in [0.5, 0.6) is 0 Å². The van der Waals surface area contributed by atoms with Crippen molar-refractivity contribution in [3.05, 3.63) is 29.6 Å².